The Morgan fingerprint density at radius 1 is 1.11 bits per heavy atom. The van der Waals surface area contributed by atoms with Gasteiger partial charge in [-0.1, -0.05) is 6.07 Å². The standard InChI is InChI=1S/C6H5FS2/c7-6-4(8)2-1-3-5(6)9/h1-3,8-9H. The van der Waals surface area contributed by atoms with E-state index in [1.165, 1.54) is 0 Å². The first-order valence-electron chi connectivity index (χ1n) is 2.38. The van der Waals surface area contributed by atoms with Gasteiger partial charge < -0.3 is 0 Å². The molecule has 0 heterocycles. The number of hydrogen-bond donors (Lipinski definition) is 2. The van der Waals surface area contributed by atoms with Crippen LogP contribution in [-0.4, -0.2) is 0 Å². The molecule has 3 heteroatoms. The Hall–Kier alpha value is -0.150. The second-order valence-corrected chi connectivity index (χ2v) is 2.57. The van der Waals surface area contributed by atoms with Gasteiger partial charge in [0.2, 0.25) is 0 Å². The van der Waals surface area contributed by atoms with Gasteiger partial charge in [0.1, 0.15) is 5.82 Å². The summed E-state index contributed by atoms with van der Waals surface area (Å²) >= 11 is 7.69. The summed E-state index contributed by atoms with van der Waals surface area (Å²) in [5.74, 6) is -0.357. The summed E-state index contributed by atoms with van der Waals surface area (Å²) in [4.78, 5) is 0.671. The molecule has 0 unspecified atom stereocenters. The van der Waals surface area contributed by atoms with E-state index in [4.69, 9.17) is 0 Å². The van der Waals surface area contributed by atoms with Crippen LogP contribution in [0.3, 0.4) is 0 Å². The molecule has 0 radical (unpaired) electrons. The number of benzene rings is 1. The molecule has 0 aliphatic rings. The maximum atomic E-state index is 12.6. The third-order valence-corrected chi connectivity index (χ3v) is 1.65. The minimum atomic E-state index is -0.357. The van der Waals surface area contributed by atoms with E-state index in [2.05, 4.69) is 25.3 Å². The largest absolute Gasteiger partial charge is 0.205 e. The average Bonchev–Trinajstić information content (AvgIpc) is 1.83. The van der Waals surface area contributed by atoms with Crippen molar-refractivity contribution in [3.05, 3.63) is 24.0 Å². The SMILES string of the molecule is Fc1c(S)cccc1S. The lowest BCUT2D eigenvalue weighted by Crippen LogP contribution is -1.77. The molecule has 0 N–H and O–H groups in total. The Kier molecular flexibility index (Phi) is 2.03. The summed E-state index contributed by atoms with van der Waals surface area (Å²) in [7, 11) is 0. The van der Waals surface area contributed by atoms with E-state index in [1.807, 2.05) is 0 Å². The molecule has 0 fully saturated rings. The summed E-state index contributed by atoms with van der Waals surface area (Å²) < 4.78 is 12.6. The molecule has 9 heavy (non-hydrogen) atoms. The summed E-state index contributed by atoms with van der Waals surface area (Å²) in [5, 5.41) is 0. The van der Waals surface area contributed by atoms with Crippen LogP contribution in [0.4, 0.5) is 4.39 Å². The van der Waals surface area contributed by atoms with Crippen LogP contribution in [0.1, 0.15) is 0 Å². The van der Waals surface area contributed by atoms with E-state index in [0.717, 1.165) is 0 Å². The van der Waals surface area contributed by atoms with E-state index in [9.17, 15) is 4.39 Å². The number of thiol groups is 2. The highest BCUT2D eigenvalue weighted by atomic mass is 32.1. The molecule has 0 amide bonds. The van der Waals surface area contributed by atoms with Crippen LogP contribution >= 0.6 is 25.3 Å². The molecule has 0 spiro atoms. The number of hydrogen-bond acceptors (Lipinski definition) is 2. The zero-order valence-corrected chi connectivity index (χ0v) is 6.29. The molecule has 0 saturated carbocycles. The molecule has 0 aliphatic carbocycles. The molecule has 0 nitrogen and oxygen atoms in total. The molecule has 0 saturated heterocycles. The maximum absolute atomic E-state index is 12.6. The van der Waals surface area contributed by atoms with Gasteiger partial charge in [-0.3, -0.25) is 0 Å². The van der Waals surface area contributed by atoms with Crippen LogP contribution in [0.2, 0.25) is 0 Å². The molecule has 48 valence electrons. The fraction of sp³-hybridized carbons (Fsp3) is 0. The fourth-order valence-electron chi connectivity index (χ4n) is 0.508. The third-order valence-electron chi connectivity index (χ3n) is 0.958. The normalized spacial score (nSPS) is 9.67. The van der Waals surface area contributed by atoms with Crippen LogP contribution in [0, 0.1) is 5.82 Å². The first-order valence-corrected chi connectivity index (χ1v) is 3.27. The second kappa shape index (κ2) is 2.62. The Morgan fingerprint density at radius 3 is 1.89 bits per heavy atom. The van der Waals surface area contributed by atoms with Crippen molar-refractivity contribution in [2.75, 3.05) is 0 Å². The Morgan fingerprint density at radius 2 is 1.56 bits per heavy atom. The lowest BCUT2D eigenvalue weighted by molar-refractivity contribution is 0.577. The fourth-order valence-corrected chi connectivity index (χ4v) is 1.01. The molecule has 0 aliphatic heterocycles. The van der Waals surface area contributed by atoms with E-state index in [-0.39, 0.29) is 5.82 Å². The zero-order valence-electron chi connectivity index (χ0n) is 4.50. The molecule has 0 atom stereocenters. The quantitative estimate of drug-likeness (QED) is 0.535. The smallest absolute Gasteiger partial charge is 0.149 e. The number of rotatable bonds is 0. The minimum Gasteiger partial charge on any atom is -0.205 e. The highest BCUT2D eigenvalue weighted by molar-refractivity contribution is 7.81. The highest BCUT2D eigenvalue weighted by Crippen LogP contribution is 2.18. The Labute approximate surface area is 63.9 Å². The predicted molar refractivity (Wildman–Crippen MR) is 40.9 cm³/mol. The molecule has 1 rings (SSSR count). The van der Waals surface area contributed by atoms with Crippen LogP contribution < -0.4 is 0 Å². The highest BCUT2D eigenvalue weighted by Gasteiger charge is 1.98. The van der Waals surface area contributed by atoms with Gasteiger partial charge in [-0.15, -0.1) is 25.3 Å². The van der Waals surface area contributed by atoms with Crippen LogP contribution in [0.5, 0.6) is 0 Å². The lowest BCUT2D eigenvalue weighted by Gasteiger charge is -1.95. The van der Waals surface area contributed by atoms with Crippen molar-refractivity contribution in [1.29, 1.82) is 0 Å². The minimum absolute atomic E-state index is 0.336. The molecule has 0 bridgehead atoms. The first kappa shape index (κ1) is 6.96. The summed E-state index contributed by atoms with van der Waals surface area (Å²) in [6.45, 7) is 0. The molecule has 1 aromatic rings. The van der Waals surface area contributed by atoms with E-state index in [0.29, 0.717) is 9.79 Å². The summed E-state index contributed by atoms with van der Waals surface area (Å²) in [6, 6.07) is 4.87. The third kappa shape index (κ3) is 1.40. The predicted octanol–water partition coefficient (Wildman–Crippen LogP) is 2.40. The van der Waals surface area contributed by atoms with Crippen molar-refractivity contribution in [3.63, 3.8) is 0 Å². The van der Waals surface area contributed by atoms with Gasteiger partial charge in [-0.2, -0.15) is 0 Å². The molecule has 0 aromatic heterocycles. The van der Waals surface area contributed by atoms with Gasteiger partial charge in [-0.05, 0) is 12.1 Å². The van der Waals surface area contributed by atoms with Gasteiger partial charge in [0, 0.05) is 9.79 Å². The Bertz CT molecular complexity index is 202. The van der Waals surface area contributed by atoms with E-state index < -0.39 is 0 Å². The van der Waals surface area contributed by atoms with Crippen LogP contribution in [-0.2, 0) is 0 Å². The topological polar surface area (TPSA) is 0 Å². The van der Waals surface area contributed by atoms with Crippen molar-refractivity contribution in [3.8, 4) is 0 Å². The second-order valence-electron chi connectivity index (χ2n) is 1.61. The van der Waals surface area contributed by atoms with Crippen molar-refractivity contribution < 1.29 is 4.39 Å². The summed E-state index contributed by atoms with van der Waals surface area (Å²) in [6.07, 6.45) is 0. The van der Waals surface area contributed by atoms with Gasteiger partial charge >= 0.3 is 0 Å². The van der Waals surface area contributed by atoms with Gasteiger partial charge in [0.05, 0.1) is 0 Å². The van der Waals surface area contributed by atoms with Crippen molar-refractivity contribution in [1.82, 2.24) is 0 Å². The van der Waals surface area contributed by atoms with E-state index in [1.54, 1.807) is 18.2 Å². The zero-order chi connectivity index (χ0) is 6.85. The monoisotopic (exact) mass is 160 g/mol. The average molecular weight is 160 g/mol. The van der Waals surface area contributed by atoms with Crippen LogP contribution in [0.15, 0.2) is 28.0 Å². The Balaban J connectivity index is 3.25. The van der Waals surface area contributed by atoms with Gasteiger partial charge in [-0.25, -0.2) is 4.39 Å². The van der Waals surface area contributed by atoms with Crippen molar-refractivity contribution in [2.24, 2.45) is 0 Å². The van der Waals surface area contributed by atoms with E-state index >= 15 is 0 Å². The molecular weight excluding hydrogens is 155 g/mol. The van der Waals surface area contributed by atoms with Gasteiger partial charge in [0.25, 0.3) is 0 Å². The van der Waals surface area contributed by atoms with Crippen molar-refractivity contribution in [2.45, 2.75) is 9.79 Å². The lowest BCUT2D eigenvalue weighted by atomic mass is 10.3. The number of halogens is 1. The first-order chi connectivity index (χ1) is 4.22. The summed E-state index contributed by atoms with van der Waals surface area (Å²) in [5.41, 5.74) is 0. The molecular formula is C6H5FS2. The van der Waals surface area contributed by atoms with Crippen LogP contribution in [0.25, 0.3) is 0 Å². The molecule has 1 aromatic carbocycles. The van der Waals surface area contributed by atoms with Gasteiger partial charge in [0.15, 0.2) is 0 Å². The maximum Gasteiger partial charge on any atom is 0.149 e. The van der Waals surface area contributed by atoms with Crippen molar-refractivity contribution >= 4 is 25.3 Å².